The molecule has 0 spiro atoms. The summed E-state index contributed by atoms with van der Waals surface area (Å²) in [6.07, 6.45) is 6.60. The lowest BCUT2D eigenvalue weighted by atomic mass is 9.43. The zero-order valence-corrected chi connectivity index (χ0v) is 19.2. The molecule has 0 aromatic heterocycles. The van der Waals surface area contributed by atoms with Crippen molar-refractivity contribution < 1.29 is 24.9 Å². The first-order chi connectivity index (χ1) is 14.1. The fourth-order valence-electron chi connectivity index (χ4n) is 8.78. The molecule has 4 fully saturated rings. The van der Waals surface area contributed by atoms with Gasteiger partial charge in [0, 0.05) is 6.42 Å². The maximum absolute atomic E-state index is 11.7. The van der Waals surface area contributed by atoms with Gasteiger partial charge >= 0.3 is 5.97 Å². The molecule has 0 saturated heterocycles. The van der Waals surface area contributed by atoms with Crippen molar-refractivity contribution in [1.82, 2.24) is 0 Å². The lowest BCUT2D eigenvalue weighted by molar-refractivity contribution is -0.207. The van der Waals surface area contributed by atoms with Crippen LogP contribution < -0.4 is 0 Å². The van der Waals surface area contributed by atoms with Crippen LogP contribution in [0.4, 0.5) is 0 Å². The molecule has 1 unspecified atom stereocenters. The van der Waals surface area contributed by atoms with E-state index >= 15 is 0 Å². The van der Waals surface area contributed by atoms with E-state index in [0.29, 0.717) is 36.0 Å². The Bertz CT molecular complexity index is 651. The molecule has 11 atom stereocenters. The summed E-state index contributed by atoms with van der Waals surface area (Å²) in [6.45, 7) is 6.85. The van der Waals surface area contributed by atoms with Gasteiger partial charge in [-0.1, -0.05) is 20.8 Å². The van der Waals surface area contributed by atoms with Gasteiger partial charge in [-0.2, -0.15) is 0 Å². The van der Waals surface area contributed by atoms with E-state index < -0.39 is 0 Å². The molecule has 0 aromatic carbocycles. The van der Waals surface area contributed by atoms with Gasteiger partial charge in [0.2, 0.25) is 0 Å². The van der Waals surface area contributed by atoms with Crippen LogP contribution in [-0.4, -0.2) is 46.7 Å². The summed E-state index contributed by atoms with van der Waals surface area (Å²) in [7, 11) is 1.44. The average molecular weight is 423 g/mol. The van der Waals surface area contributed by atoms with Crippen LogP contribution in [0.5, 0.6) is 0 Å². The van der Waals surface area contributed by atoms with E-state index in [1.165, 1.54) is 7.11 Å². The van der Waals surface area contributed by atoms with E-state index in [1.807, 2.05) is 0 Å². The number of carbonyl (C=O) groups is 1. The van der Waals surface area contributed by atoms with Crippen LogP contribution in [0.3, 0.4) is 0 Å². The molecule has 4 aliphatic rings. The van der Waals surface area contributed by atoms with Crippen molar-refractivity contribution in [2.45, 2.75) is 96.9 Å². The molecule has 3 N–H and O–H groups in total. The first kappa shape index (κ1) is 22.5. The maximum Gasteiger partial charge on any atom is 0.305 e. The topological polar surface area (TPSA) is 87.0 Å². The van der Waals surface area contributed by atoms with Crippen molar-refractivity contribution in [3.63, 3.8) is 0 Å². The zero-order valence-electron chi connectivity index (χ0n) is 19.2. The third-order valence-corrected chi connectivity index (χ3v) is 10.6. The summed E-state index contributed by atoms with van der Waals surface area (Å²) < 4.78 is 4.83. The van der Waals surface area contributed by atoms with Gasteiger partial charge in [-0.3, -0.25) is 4.79 Å². The fourth-order valence-corrected chi connectivity index (χ4v) is 8.78. The quantitative estimate of drug-likeness (QED) is 0.603. The van der Waals surface area contributed by atoms with Crippen molar-refractivity contribution in [3.8, 4) is 0 Å². The second-order valence-corrected chi connectivity index (χ2v) is 11.6. The highest BCUT2D eigenvalue weighted by Crippen LogP contribution is 2.68. The summed E-state index contributed by atoms with van der Waals surface area (Å²) in [5.74, 6) is 1.81. The Hall–Kier alpha value is -0.650. The Morgan fingerprint density at radius 3 is 2.50 bits per heavy atom. The van der Waals surface area contributed by atoms with Crippen molar-refractivity contribution in [2.24, 2.45) is 46.3 Å². The minimum atomic E-state index is -0.369. The predicted molar refractivity (Wildman–Crippen MR) is 114 cm³/mol. The maximum atomic E-state index is 11.7. The van der Waals surface area contributed by atoms with Gasteiger partial charge in [0.15, 0.2) is 0 Å². The zero-order chi connectivity index (χ0) is 21.8. The summed E-state index contributed by atoms with van der Waals surface area (Å²) in [5.41, 5.74) is -0.0882. The van der Waals surface area contributed by atoms with Crippen LogP contribution in [-0.2, 0) is 9.53 Å². The standard InChI is InChI=1S/C25H42O5/c1-14(5-8-22(29)30-4)17-6-7-18-23-19(13-21(28)25(17,18)3)24(2)10-9-16(26)11-15(24)12-20(23)27/h14-21,23,26-28H,5-13H2,1-4H3/t14-,15?,16+,17-,18+,19+,20-,21+,23+,24+,25-/m0/s1. The van der Waals surface area contributed by atoms with Crippen LogP contribution in [0, 0.1) is 46.3 Å². The Balaban J connectivity index is 1.58. The first-order valence-electron chi connectivity index (χ1n) is 12.2. The van der Waals surface area contributed by atoms with E-state index in [-0.39, 0.29) is 41.0 Å². The number of rotatable bonds is 4. The SMILES string of the molecule is COC(=O)CC[C@H](C)[C@@H]1CC[C@@H]2[C@@H]3[C@@H](C[C@@H](O)[C@]21C)[C@]1(C)CC[C@@H](O)CC1C[C@@H]3O. The van der Waals surface area contributed by atoms with Crippen LogP contribution in [0.15, 0.2) is 0 Å². The monoisotopic (exact) mass is 422 g/mol. The molecule has 0 aromatic rings. The van der Waals surface area contributed by atoms with Gasteiger partial charge in [0.05, 0.1) is 25.4 Å². The molecule has 0 amide bonds. The Morgan fingerprint density at radius 2 is 1.80 bits per heavy atom. The Kier molecular flexibility index (Phi) is 6.04. The molecular weight excluding hydrogens is 380 g/mol. The number of esters is 1. The number of hydrogen-bond acceptors (Lipinski definition) is 5. The number of ether oxygens (including phenoxy) is 1. The number of fused-ring (bicyclic) bond motifs is 5. The van der Waals surface area contributed by atoms with E-state index in [0.717, 1.165) is 51.4 Å². The molecule has 0 bridgehead atoms. The normalized spacial score (nSPS) is 51.4. The molecule has 172 valence electrons. The number of hydrogen-bond donors (Lipinski definition) is 3. The van der Waals surface area contributed by atoms with E-state index in [1.54, 1.807) is 0 Å². The molecule has 5 nitrogen and oxygen atoms in total. The van der Waals surface area contributed by atoms with Crippen molar-refractivity contribution in [1.29, 1.82) is 0 Å². The van der Waals surface area contributed by atoms with Crippen molar-refractivity contribution in [2.75, 3.05) is 7.11 Å². The van der Waals surface area contributed by atoms with Crippen LogP contribution >= 0.6 is 0 Å². The lowest BCUT2D eigenvalue weighted by Crippen LogP contribution is -2.62. The highest BCUT2D eigenvalue weighted by molar-refractivity contribution is 5.69. The average Bonchev–Trinajstić information content (AvgIpc) is 3.06. The molecule has 4 saturated carbocycles. The van der Waals surface area contributed by atoms with Gasteiger partial charge in [-0.25, -0.2) is 0 Å². The number of methoxy groups -OCH3 is 1. The van der Waals surface area contributed by atoms with E-state index in [9.17, 15) is 20.1 Å². The first-order valence-corrected chi connectivity index (χ1v) is 12.2. The Morgan fingerprint density at radius 1 is 1.07 bits per heavy atom. The van der Waals surface area contributed by atoms with E-state index in [4.69, 9.17) is 4.74 Å². The van der Waals surface area contributed by atoms with Gasteiger partial charge < -0.3 is 20.1 Å². The molecule has 5 heteroatoms. The van der Waals surface area contributed by atoms with E-state index in [2.05, 4.69) is 20.8 Å². The third kappa shape index (κ3) is 3.34. The lowest BCUT2D eigenvalue weighted by Gasteiger charge is -2.63. The van der Waals surface area contributed by atoms with Gasteiger partial charge in [0.1, 0.15) is 0 Å². The van der Waals surface area contributed by atoms with Gasteiger partial charge in [-0.05, 0) is 97.7 Å². The second-order valence-electron chi connectivity index (χ2n) is 11.6. The summed E-state index contributed by atoms with van der Waals surface area (Å²) in [5, 5.41) is 33.1. The molecule has 30 heavy (non-hydrogen) atoms. The fraction of sp³-hybridized carbons (Fsp3) is 0.960. The predicted octanol–water partition coefficient (Wildman–Crippen LogP) is 3.54. The van der Waals surface area contributed by atoms with Crippen molar-refractivity contribution >= 4 is 5.97 Å². The largest absolute Gasteiger partial charge is 0.469 e. The smallest absolute Gasteiger partial charge is 0.305 e. The Labute approximate surface area is 181 Å². The third-order valence-electron chi connectivity index (χ3n) is 10.6. The molecule has 4 aliphatic carbocycles. The summed E-state index contributed by atoms with van der Waals surface area (Å²) >= 11 is 0. The van der Waals surface area contributed by atoms with Gasteiger partial charge in [-0.15, -0.1) is 0 Å². The van der Waals surface area contributed by atoms with Crippen LogP contribution in [0.1, 0.15) is 78.6 Å². The number of aliphatic hydroxyl groups excluding tert-OH is 3. The molecule has 0 radical (unpaired) electrons. The minimum absolute atomic E-state index is 0.111. The van der Waals surface area contributed by atoms with Crippen LogP contribution in [0.2, 0.25) is 0 Å². The van der Waals surface area contributed by atoms with Crippen LogP contribution in [0.25, 0.3) is 0 Å². The second kappa shape index (κ2) is 8.04. The highest BCUT2D eigenvalue weighted by Gasteiger charge is 2.65. The van der Waals surface area contributed by atoms with Gasteiger partial charge in [0.25, 0.3) is 0 Å². The number of carbonyl (C=O) groups excluding carboxylic acids is 1. The molecule has 0 heterocycles. The van der Waals surface area contributed by atoms with Crippen molar-refractivity contribution in [3.05, 3.63) is 0 Å². The highest BCUT2D eigenvalue weighted by atomic mass is 16.5. The molecule has 0 aliphatic heterocycles. The summed E-state index contributed by atoms with van der Waals surface area (Å²) in [6, 6.07) is 0. The summed E-state index contributed by atoms with van der Waals surface area (Å²) in [4.78, 5) is 11.7. The molecular formula is C25H42O5. The minimum Gasteiger partial charge on any atom is -0.469 e. The number of aliphatic hydroxyl groups is 3. The molecule has 4 rings (SSSR count).